The van der Waals surface area contributed by atoms with Crippen molar-refractivity contribution in [3.63, 3.8) is 0 Å². The molecule has 0 N–H and O–H groups in total. The van der Waals surface area contributed by atoms with Gasteiger partial charge >= 0.3 is 5.97 Å². The molecule has 144 valence electrons. The van der Waals surface area contributed by atoms with E-state index in [1.165, 1.54) is 4.31 Å². The molecule has 0 radical (unpaired) electrons. The Morgan fingerprint density at radius 3 is 2.59 bits per heavy atom. The predicted molar refractivity (Wildman–Crippen MR) is 104 cm³/mol. The summed E-state index contributed by atoms with van der Waals surface area (Å²) in [5.41, 5.74) is 2.11. The minimum atomic E-state index is -3.81. The maximum absolute atomic E-state index is 13.2. The molecule has 1 atom stereocenters. The molecular weight excluding hydrogens is 386 g/mol. The molecule has 7 heteroatoms. The summed E-state index contributed by atoms with van der Waals surface area (Å²) in [6.07, 6.45) is 1.08. The largest absolute Gasteiger partial charge is 0.460 e. The molecule has 1 aliphatic heterocycles. The molecule has 27 heavy (non-hydrogen) atoms. The highest BCUT2D eigenvalue weighted by Crippen LogP contribution is 2.31. The second kappa shape index (κ2) is 8.00. The van der Waals surface area contributed by atoms with Crippen LogP contribution in [0.15, 0.2) is 47.4 Å². The lowest BCUT2D eigenvalue weighted by Gasteiger charge is -2.24. The van der Waals surface area contributed by atoms with Crippen molar-refractivity contribution >= 4 is 27.6 Å². The van der Waals surface area contributed by atoms with Crippen molar-refractivity contribution in [2.45, 2.75) is 44.2 Å². The number of hydrogen-bond donors (Lipinski definition) is 0. The third-order valence-electron chi connectivity index (χ3n) is 4.74. The van der Waals surface area contributed by atoms with E-state index in [1.807, 2.05) is 30.3 Å². The number of benzene rings is 2. The van der Waals surface area contributed by atoms with Gasteiger partial charge in [-0.05, 0) is 55.5 Å². The Morgan fingerprint density at radius 2 is 1.89 bits per heavy atom. The van der Waals surface area contributed by atoms with Gasteiger partial charge in [-0.25, -0.2) is 8.42 Å². The topological polar surface area (TPSA) is 63.7 Å². The second-order valence-corrected chi connectivity index (χ2v) is 9.00. The van der Waals surface area contributed by atoms with Crippen LogP contribution in [0.2, 0.25) is 5.02 Å². The van der Waals surface area contributed by atoms with Crippen LogP contribution < -0.4 is 0 Å². The molecule has 2 aromatic carbocycles. The van der Waals surface area contributed by atoms with Gasteiger partial charge in [-0.15, -0.1) is 0 Å². The van der Waals surface area contributed by atoms with E-state index in [1.54, 1.807) is 26.0 Å². The molecule has 1 unspecified atom stereocenters. The minimum absolute atomic E-state index is 0.128. The molecule has 1 fully saturated rings. The Balaban J connectivity index is 1.80. The second-order valence-electron chi connectivity index (χ2n) is 6.73. The normalized spacial score (nSPS) is 17.8. The van der Waals surface area contributed by atoms with Crippen LogP contribution in [-0.4, -0.2) is 31.3 Å². The van der Waals surface area contributed by atoms with E-state index < -0.39 is 22.0 Å². The summed E-state index contributed by atoms with van der Waals surface area (Å²) in [6.45, 7) is 3.89. The fraction of sp³-hybridized carbons (Fsp3) is 0.350. The van der Waals surface area contributed by atoms with E-state index in [0.29, 0.717) is 35.5 Å². The standard InChI is InChI=1S/C20H22ClNO4S/c1-14-12-19(15(2)11-17(14)21)27(24,25)22-10-6-9-18(22)20(23)26-13-16-7-4-3-5-8-16/h3-5,7-8,11-12,18H,6,9-10,13H2,1-2H3. The van der Waals surface area contributed by atoms with Crippen LogP contribution in [0.3, 0.4) is 0 Å². The molecule has 1 aliphatic rings. The van der Waals surface area contributed by atoms with Crippen molar-refractivity contribution in [1.29, 1.82) is 0 Å². The van der Waals surface area contributed by atoms with Gasteiger partial charge in [0.2, 0.25) is 10.0 Å². The number of rotatable bonds is 5. The Labute approximate surface area is 165 Å². The van der Waals surface area contributed by atoms with Crippen molar-refractivity contribution in [2.24, 2.45) is 0 Å². The highest BCUT2D eigenvalue weighted by Gasteiger charge is 2.41. The van der Waals surface area contributed by atoms with Gasteiger partial charge in [-0.1, -0.05) is 41.9 Å². The Morgan fingerprint density at radius 1 is 1.19 bits per heavy atom. The Hall–Kier alpha value is -1.89. The maximum Gasteiger partial charge on any atom is 0.324 e. The van der Waals surface area contributed by atoms with Gasteiger partial charge in [0.1, 0.15) is 12.6 Å². The van der Waals surface area contributed by atoms with Gasteiger partial charge in [0, 0.05) is 11.6 Å². The molecule has 1 saturated heterocycles. The summed E-state index contributed by atoms with van der Waals surface area (Å²) >= 11 is 6.09. The van der Waals surface area contributed by atoms with Gasteiger partial charge in [-0.2, -0.15) is 4.31 Å². The van der Waals surface area contributed by atoms with Gasteiger partial charge in [0.05, 0.1) is 4.90 Å². The number of halogens is 1. The summed E-state index contributed by atoms with van der Waals surface area (Å²) in [5, 5.41) is 0.520. The zero-order chi connectivity index (χ0) is 19.6. The van der Waals surface area contributed by atoms with Crippen LogP contribution in [0.5, 0.6) is 0 Å². The van der Waals surface area contributed by atoms with E-state index in [4.69, 9.17) is 16.3 Å². The van der Waals surface area contributed by atoms with Crippen LogP contribution in [-0.2, 0) is 26.2 Å². The van der Waals surface area contributed by atoms with Crippen molar-refractivity contribution in [1.82, 2.24) is 4.31 Å². The number of esters is 1. The lowest BCUT2D eigenvalue weighted by molar-refractivity contribution is -0.148. The number of hydrogen-bond acceptors (Lipinski definition) is 4. The smallest absolute Gasteiger partial charge is 0.324 e. The summed E-state index contributed by atoms with van der Waals surface area (Å²) < 4.78 is 33.0. The fourth-order valence-corrected chi connectivity index (χ4v) is 5.41. The van der Waals surface area contributed by atoms with Crippen molar-refractivity contribution in [3.05, 3.63) is 64.2 Å². The highest BCUT2D eigenvalue weighted by molar-refractivity contribution is 7.89. The average molecular weight is 408 g/mol. The van der Waals surface area contributed by atoms with Gasteiger partial charge in [-0.3, -0.25) is 4.79 Å². The zero-order valence-electron chi connectivity index (χ0n) is 15.3. The zero-order valence-corrected chi connectivity index (χ0v) is 16.9. The minimum Gasteiger partial charge on any atom is -0.460 e. The molecule has 0 aliphatic carbocycles. The third-order valence-corrected chi connectivity index (χ3v) is 7.20. The monoisotopic (exact) mass is 407 g/mol. The van der Waals surface area contributed by atoms with Crippen LogP contribution in [0.25, 0.3) is 0 Å². The highest BCUT2D eigenvalue weighted by atomic mass is 35.5. The van der Waals surface area contributed by atoms with Gasteiger partial charge in [0.25, 0.3) is 0 Å². The molecule has 0 saturated carbocycles. The molecule has 1 heterocycles. The van der Waals surface area contributed by atoms with Gasteiger partial charge in [0.15, 0.2) is 0 Å². The lowest BCUT2D eigenvalue weighted by atomic mass is 10.2. The first-order valence-electron chi connectivity index (χ1n) is 8.80. The Kier molecular flexibility index (Phi) is 5.89. The number of nitrogens with zero attached hydrogens (tertiary/aromatic N) is 1. The van der Waals surface area contributed by atoms with Crippen molar-refractivity contribution in [3.8, 4) is 0 Å². The van der Waals surface area contributed by atoms with Crippen LogP contribution in [0, 0.1) is 13.8 Å². The molecular formula is C20H22ClNO4S. The van der Waals surface area contributed by atoms with E-state index >= 15 is 0 Å². The van der Waals surface area contributed by atoms with E-state index in [0.717, 1.165) is 5.56 Å². The number of aryl methyl sites for hydroxylation is 2. The SMILES string of the molecule is Cc1cc(S(=O)(=O)N2CCCC2C(=O)OCc2ccccc2)c(C)cc1Cl. The molecule has 0 spiro atoms. The van der Waals surface area contributed by atoms with Crippen molar-refractivity contribution < 1.29 is 17.9 Å². The number of carbonyl (C=O) groups is 1. The first-order valence-corrected chi connectivity index (χ1v) is 10.6. The summed E-state index contributed by atoms with van der Waals surface area (Å²) in [5.74, 6) is -0.511. The van der Waals surface area contributed by atoms with E-state index in [2.05, 4.69) is 0 Å². The number of carbonyl (C=O) groups excluding carboxylic acids is 1. The van der Waals surface area contributed by atoms with Crippen LogP contribution in [0.4, 0.5) is 0 Å². The fourth-order valence-electron chi connectivity index (χ4n) is 3.25. The molecule has 0 aromatic heterocycles. The molecule has 0 bridgehead atoms. The maximum atomic E-state index is 13.2. The Bertz CT molecular complexity index is 944. The summed E-state index contributed by atoms with van der Waals surface area (Å²) in [6, 6.07) is 11.7. The van der Waals surface area contributed by atoms with Crippen LogP contribution >= 0.6 is 11.6 Å². The first kappa shape index (κ1) is 19.9. The molecule has 3 rings (SSSR count). The van der Waals surface area contributed by atoms with Gasteiger partial charge < -0.3 is 4.74 Å². The lowest BCUT2D eigenvalue weighted by Crippen LogP contribution is -2.41. The molecule has 5 nitrogen and oxygen atoms in total. The number of sulfonamides is 1. The summed E-state index contributed by atoms with van der Waals surface area (Å²) in [7, 11) is -3.81. The number of ether oxygens (including phenoxy) is 1. The van der Waals surface area contributed by atoms with E-state index in [-0.39, 0.29) is 11.5 Å². The third kappa shape index (κ3) is 4.18. The summed E-state index contributed by atoms with van der Waals surface area (Å²) in [4.78, 5) is 12.8. The average Bonchev–Trinajstić information content (AvgIpc) is 3.14. The van der Waals surface area contributed by atoms with Crippen LogP contribution in [0.1, 0.15) is 29.5 Å². The van der Waals surface area contributed by atoms with E-state index in [9.17, 15) is 13.2 Å². The van der Waals surface area contributed by atoms with Crippen molar-refractivity contribution in [2.75, 3.05) is 6.54 Å². The quantitative estimate of drug-likeness (QED) is 0.706. The molecule has 2 aromatic rings. The molecule has 0 amide bonds. The predicted octanol–water partition coefficient (Wildman–Crippen LogP) is 3.85. The first-order chi connectivity index (χ1) is 12.8.